The molecule has 0 spiro atoms. The number of quaternary nitrogens is 1. The quantitative estimate of drug-likeness (QED) is 0.114. The fraction of sp³-hybridized carbons (Fsp3) is 0.286. The maximum absolute atomic E-state index is 14.6. The third-order valence-electron chi connectivity index (χ3n) is 6.49. The summed E-state index contributed by atoms with van der Waals surface area (Å²) in [6.45, 7) is 2.70. The molecule has 2 aromatic carbocycles. The summed E-state index contributed by atoms with van der Waals surface area (Å²) in [6, 6.07) is 8.01. The number of benzene rings is 2. The van der Waals surface area contributed by atoms with Gasteiger partial charge in [-0.2, -0.15) is 0 Å². The summed E-state index contributed by atoms with van der Waals surface area (Å²) in [6.07, 6.45) is 5.23. The summed E-state index contributed by atoms with van der Waals surface area (Å²) in [7, 11) is 5.73. The van der Waals surface area contributed by atoms with Crippen molar-refractivity contribution in [3.8, 4) is 11.3 Å². The second-order valence-electron chi connectivity index (χ2n) is 10.0. The SMILES string of the molecule is CCc1cc(Nc2nccn3c(-c4ccc(Cl)c(F)c4F)cnc23)ccc1C(=O)NCCC(OC=O)[N+](C)(C)C. The minimum Gasteiger partial charge on any atom is -0.415 e. The van der Waals surface area contributed by atoms with Crippen LogP contribution in [0.4, 0.5) is 20.3 Å². The molecule has 4 aromatic rings. The molecule has 4 rings (SSSR count). The van der Waals surface area contributed by atoms with Gasteiger partial charge in [-0.15, -0.1) is 0 Å². The number of fused-ring (bicyclic) bond motifs is 1. The summed E-state index contributed by atoms with van der Waals surface area (Å²) in [5.41, 5.74) is 2.76. The Kier molecular flexibility index (Phi) is 8.65. The lowest BCUT2D eigenvalue weighted by molar-refractivity contribution is -0.916. The highest BCUT2D eigenvalue weighted by Gasteiger charge is 2.25. The van der Waals surface area contributed by atoms with E-state index in [0.717, 1.165) is 5.56 Å². The maximum atomic E-state index is 14.6. The molecule has 9 nitrogen and oxygen atoms in total. The average molecular weight is 572 g/mol. The summed E-state index contributed by atoms with van der Waals surface area (Å²) in [5.74, 6) is -2.03. The number of ether oxygens (including phenoxy) is 1. The predicted molar refractivity (Wildman–Crippen MR) is 148 cm³/mol. The topological polar surface area (TPSA) is 97.6 Å². The van der Waals surface area contributed by atoms with Gasteiger partial charge in [0, 0.05) is 35.8 Å². The molecule has 2 N–H and O–H groups in total. The van der Waals surface area contributed by atoms with E-state index < -0.39 is 11.6 Å². The highest BCUT2D eigenvalue weighted by atomic mass is 35.5. The zero-order chi connectivity index (χ0) is 29.0. The summed E-state index contributed by atoms with van der Waals surface area (Å²) in [5, 5.41) is 5.81. The molecule has 210 valence electrons. The van der Waals surface area contributed by atoms with Gasteiger partial charge in [0.25, 0.3) is 12.4 Å². The summed E-state index contributed by atoms with van der Waals surface area (Å²) >= 11 is 5.70. The van der Waals surface area contributed by atoms with Crippen LogP contribution in [0.15, 0.2) is 48.9 Å². The van der Waals surface area contributed by atoms with Gasteiger partial charge >= 0.3 is 0 Å². The number of nitrogens with one attached hydrogen (secondary N) is 2. The number of anilines is 2. The van der Waals surface area contributed by atoms with Gasteiger partial charge in [-0.25, -0.2) is 18.7 Å². The van der Waals surface area contributed by atoms with Crippen LogP contribution in [0.1, 0.15) is 29.3 Å². The van der Waals surface area contributed by atoms with Crippen molar-refractivity contribution in [3.63, 3.8) is 0 Å². The predicted octanol–water partition coefficient (Wildman–Crippen LogP) is 4.96. The monoisotopic (exact) mass is 571 g/mol. The van der Waals surface area contributed by atoms with Gasteiger partial charge in [-0.3, -0.25) is 18.5 Å². The van der Waals surface area contributed by atoms with Crippen molar-refractivity contribution >= 4 is 41.1 Å². The van der Waals surface area contributed by atoms with Gasteiger partial charge in [-0.1, -0.05) is 18.5 Å². The standard InChI is InChI=1S/C28H29ClF2N6O3/c1-5-17-14-18(6-7-19(17)28(39)33-11-10-23(40-16-38)37(2,3)4)35-26-27-34-15-22(36(27)13-12-32-26)20-8-9-21(29)25(31)24(20)30/h6-9,12-16,23H,5,10-11H2,1-4H3,(H-,32,33,35,39)/p+1. The fourth-order valence-corrected chi connectivity index (χ4v) is 4.51. The molecule has 12 heteroatoms. The summed E-state index contributed by atoms with van der Waals surface area (Å²) in [4.78, 5) is 32.5. The van der Waals surface area contributed by atoms with E-state index in [1.165, 1.54) is 24.5 Å². The van der Waals surface area contributed by atoms with Gasteiger partial charge < -0.3 is 15.4 Å². The minimum absolute atomic E-state index is 0.0145. The number of carbonyl (C=O) groups excluding carboxylic acids is 2. The normalized spacial score (nSPS) is 12.3. The van der Waals surface area contributed by atoms with Gasteiger partial charge in [0.1, 0.15) is 0 Å². The van der Waals surface area contributed by atoms with Crippen LogP contribution in [-0.2, 0) is 16.0 Å². The largest absolute Gasteiger partial charge is 0.415 e. The lowest BCUT2D eigenvalue weighted by atomic mass is 10.0. The smallest absolute Gasteiger partial charge is 0.297 e. The highest BCUT2D eigenvalue weighted by molar-refractivity contribution is 6.30. The van der Waals surface area contributed by atoms with Gasteiger partial charge in [0.05, 0.1) is 44.5 Å². The van der Waals surface area contributed by atoms with Crippen LogP contribution in [0.3, 0.4) is 0 Å². The number of halogens is 3. The number of imidazole rings is 1. The van der Waals surface area contributed by atoms with Crippen molar-refractivity contribution < 1.29 is 27.6 Å². The van der Waals surface area contributed by atoms with Crippen LogP contribution in [0.5, 0.6) is 0 Å². The molecule has 1 amide bonds. The molecular formula is C28H30ClF2N6O3+. The van der Waals surface area contributed by atoms with Crippen LogP contribution in [0.25, 0.3) is 16.9 Å². The molecule has 0 aliphatic carbocycles. The number of nitrogens with zero attached hydrogens (tertiary/aromatic N) is 4. The van der Waals surface area contributed by atoms with Gasteiger partial charge in [0.15, 0.2) is 23.1 Å². The third kappa shape index (κ3) is 6.05. The lowest BCUT2D eigenvalue weighted by Crippen LogP contribution is -2.48. The number of carbonyl (C=O) groups is 2. The molecule has 2 heterocycles. The zero-order valence-electron chi connectivity index (χ0n) is 22.5. The Morgan fingerprint density at radius 2 is 1.95 bits per heavy atom. The first kappa shape index (κ1) is 28.9. The Morgan fingerprint density at radius 3 is 2.65 bits per heavy atom. The Morgan fingerprint density at radius 1 is 1.18 bits per heavy atom. The van der Waals surface area contributed by atoms with Crippen molar-refractivity contribution in [1.29, 1.82) is 0 Å². The van der Waals surface area contributed by atoms with Crippen molar-refractivity contribution in [2.75, 3.05) is 33.0 Å². The van der Waals surface area contributed by atoms with E-state index in [1.54, 1.807) is 22.7 Å². The Hall–Kier alpha value is -4.09. The Balaban J connectivity index is 1.53. The lowest BCUT2D eigenvalue weighted by Gasteiger charge is -2.32. The Bertz CT molecular complexity index is 1550. The molecule has 0 radical (unpaired) electrons. The number of aromatic nitrogens is 3. The molecule has 1 atom stereocenters. The van der Waals surface area contributed by atoms with Gasteiger partial charge in [0.2, 0.25) is 6.23 Å². The number of hydrogen-bond donors (Lipinski definition) is 2. The van der Waals surface area contributed by atoms with Crippen molar-refractivity contribution in [1.82, 2.24) is 19.7 Å². The molecular weight excluding hydrogens is 542 g/mol. The van der Waals surface area contributed by atoms with Crippen LogP contribution in [-0.4, -0.2) is 65.1 Å². The van der Waals surface area contributed by atoms with Crippen LogP contribution < -0.4 is 10.6 Å². The molecule has 0 aliphatic heterocycles. The third-order valence-corrected chi connectivity index (χ3v) is 6.78. The number of amides is 1. The van der Waals surface area contributed by atoms with E-state index in [9.17, 15) is 18.4 Å². The number of aryl methyl sites for hydroxylation is 1. The maximum Gasteiger partial charge on any atom is 0.297 e. The first-order chi connectivity index (χ1) is 19.0. The molecule has 2 aromatic heterocycles. The zero-order valence-corrected chi connectivity index (χ0v) is 23.3. The van der Waals surface area contributed by atoms with E-state index in [2.05, 4.69) is 20.6 Å². The molecule has 0 saturated carbocycles. The fourth-order valence-electron chi connectivity index (χ4n) is 4.36. The first-order valence-corrected chi connectivity index (χ1v) is 13.0. The molecule has 0 fully saturated rings. The van der Waals surface area contributed by atoms with Crippen molar-refractivity contribution in [2.24, 2.45) is 0 Å². The number of hydrogen-bond acceptors (Lipinski definition) is 6. The van der Waals surface area contributed by atoms with E-state index in [-0.39, 0.29) is 22.7 Å². The van der Waals surface area contributed by atoms with E-state index in [0.29, 0.717) is 58.8 Å². The van der Waals surface area contributed by atoms with Crippen LogP contribution in [0.2, 0.25) is 5.02 Å². The molecule has 0 aliphatic rings. The minimum atomic E-state index is -1.12. The number of rotatable bonds is 11. The second kappa shape index (κ2) is 12.0. The van der Waals surface area contributed by atoms with Crippen LogP contribution in [0, 0.1) is 11.6 Å². The van der Waals surface area contributed by atoms with Crippen LogP contribution >= 0.6 is 11.6 Å². The van der Waals surface area contributed by atoms with E-state index in [1.807, 2.05) is 34.1 Å². The van der Waals surface area contributed by atoms with E-state index >= 15 is 0 Å². The van der Waals surface area contributed by atoms with Crippen molar-refractivity contribution in [3.05, 3.63) is 76.7 Å². The average Bonchev–Trinajstić information content (AvgIpc) is 3.35. The Labute approximate surface area is 235 Å². The second-order valence-corrected chi connectivity index (χ2v) is 10.4. The molecule has 1 unspecified atom stereocenters. The molecule has 0 bridgehead atoms. The summed E-state index contributed by atoms with van der Waals surface area (Å²) < 4.78 is 35.9. The highest BCUT2D eigenvalue weighted by Crippen LogP contribution is 2.31. The molecule has 40 heavy (non-hydrogen) atoms. The van der Waals surface area contributed by atoms with E-state index in [4.69, 9.17) is 16.3 Å². The first-order valence-electron chi connectivity index (χ1n) is 12.6. The van der Waals surface area contributed by atoms with Gasteiger partial charge in [-0.05, 0) is 42.3 Å². The molecule has 0 saturated heterocycles. The van der Waals surface area contributed by atoms with Crippen molar-refractivity contribution in [2.45, 2.75) is 26.0 Å².